The fourth-order valence-corrected chi connectivity index (χ4v) is 13.3. The van der Waals surface area contributed by atoms with Gasteiger partial charge < -0.3 is 41.9 Å². The summed E-state index contributed by atoms with van der Waals surface area (Å²) >= 11 is 0. The third-order valence-electron chi connectivity index (χ3n) is 14.0. The first-order valence-electron chi connectivity index (χ1n) is 22.3. The number of phenols is 2. The Morgan fingerprint density at radius 1 is 1.02 bits per heavy atom. The van der Waals surface area contributed by atoms with Crippen LogP contribution in [0.1, 0.15) is 115 Å². The zero-order valence-corrected chi connectivity index (χ0v) is 37.7. The number of phenolic OH excluding ortho intramolecular Hbond substituents is 2. The van der Waals surface area contributed by atoms with E-state index >= 15 is 0 Å². The number of aliphatic hydroxyl groups excluding tert-OH is 1. The van der Waals surface area contributed by atoms with E-state index in [1.54, 1.807) is 58.1 Å². The van der Waals surface area contributed by atoms with Gasteiger partial charge in [-0.05, 0) is 146 Å². The SMILES string of the molecule is CNCCCCC1CCC23CSSCc4cc5c(cc4C(N)N)C#CCC4=NC=CC4=C([O-])CC5c4cc(ccc4O)CCOc4cc(ccc4O)CCC(=O)C=CC1(CC2O)C3. The van der Waals surface area contributed by atoms with Crippen molar-refractivity contribution >= 4 is 33.1 Å². The summed E-state index contributed by atoms with van der Waals surface area (Å²) in [6, 6.07) is 14.7. The number of nitrogens with two attached hydrogens (primary N) is 2. The number of benzene rings is 3. The molecule has 2 heterocycles. The predicted molar refractivity (Wildman–Crippen MR) is 251 cm³/mol. The molecule has 0 amide bonds. The van der Waals surface area contributed by atoms with E-state index in [4.69, 9.17) is 16.2 Å². The highest BCUT2D eigenvalue weighted by atomic mass is 33.1. The quantitative estimate of drug-likeness (QED) is 0.0628. The summed E-state index contributed by atoms with van der Waals surface area (Å²) in [5.74, 6) is 8.13. The van der Waals surface area contributed by atoms with Crippen molar-refractivity contribution in [2.45, 2.75) is 101 Å². The molecule has 8 bridgehead atoms. The maximum absolute atomic E-state index is 14.2. The Morgan fingerprint density at radius 2 is 1.84 bits per heavy atom. The number of aromatic hydroxyl groups is 2. The summed E-state index contributed by atoms with van der Waals surface area (Å²) in [6.45, 7) is 1.20. The molecule has 2 fully saturated rings. The zero-order chi connectivity index (χ0) is 44.1. The number of fused-ring (bicyclic) bond motifs is 7. The number of ether oxygens (including phenoxy) is 1. The molecule has 5 aliphatic rings. The number of aryl methyl sites for hydroxylation is 1. The Kier molecular flexibility index (Phi) is 14.1. The van der Waals surface area contributed by atoms with Crippen molar-refractivity contribution in [3.05, 3.63) is 123 Å². The van der Waals surface area contributed by atoms with Gasteiger partial charge in [-0.1, -0.05) is 70.2 Å². The van der Waals surface area contributed by atoms with Crippen molar-refractivity contribution in [2.24, 2.45) is 33.2 Å². The third kappa shape index (κ3) is 9.95. The second kappa shape index (κ2) is 19.7. The fourth-order valence-electron chi connectivity index (χ4n) is 10.5. The van der Waals surface area contributed by atoms with Crippen LogP contribution >= 0.6 is 21.6 Å². The molecule has 8 N–H and O–H groups in total. The topological polar surface area (TPSA) is 186 Å². The minimum Gasteiger partial charge on any atom is -0.875 e. The van der Waals surface area contributed by atoms with E-state index < -0.39 is 18.2 Å². The second-order valence-corrected chi connectivity index (χ2v) is 20.5. The van der Waals surface area contributed by atoms with E-state index in [0.29, 0.717) is 71.9 Å². The zero-order valence-electron chi connectivity index (χ0n) is 36.0. The van der Waals surface area contributed by atoms with E-state index in [1.807, 2.05) is 31.3 Å². The Labute approximate surface area is 379 Å². The number of carbonyl (C=O) groups excluding carboxylic acids is 1. The van der Waals surface area contributed by atoms with Gasteiger partial charge in [-0.25, -0.2) is 0 Å². The molecule has 3 aromatic carbocycles. The third-order valence-corrected chi connectivity index (χ3v) is 16.5. The van der Waals surface area contributed by atoms with Gasteiger partial charge in [0.2, 0.25) is 0 Å². The molecule has 3 aliphatic carbocycles. The molecule has 5 atom stereocenters. The average Bonchev–Trinajstić information content (AvgIpc) is 3.83. The van der Waals surface area contributed by atoms with Gasteiger partial charge in [-0.15, -0.1) is 5.76 Å². The van der Waals surface area contributed by atoms with Gasteiger partial charge in [-0.3, -0.25) is 9.79 Å². The standard InChI is InChI=1S/C51H60N4O6S2/c1-54-20-3-2-6-36-14-18-51-30-50(36,28-48(51)60)19-15-37(56)11-8-32-10-13-45(58)47(24-32)61-22-17-33-9-12-44(57)42(23-33)41-27-46(59)38-16-21-55-43(38)7-4-5-34-25-40(49(52)53)35(26-39(34)41)29-62-63-31-51/h9-10,12-13,15-16,19,21,23-26,36,41,48-49,54,57-60H,2-3,6-8,11,14,17-18,20,22,27-31,52-53H2,1H3/p-1. The molecule has 0 radical (unpaired) electrons. The number of allylic oxidation sites excluding steroid dienone is 5. The van der Waals surface area contributed by atoms with Crippen molar-refractivity contribution < 1.29 is 30.0 Å². The molecule has 10 nitrogen and oxygen atoms in total. The maximum Gasteiger partial charge on any atom is 0.161 e. The number of carbonyl (C=O) groups is 1. The summed E-state index contributed by atoms with van der Waals surface area (Å²) in [6.07, 6.45) is 14.4. The van der Waals surface area contributed by atoms with Crippen molar-refractivity contribution in [3.63, 3.8) is 0 Å². The van der Waals surface area contributed by atoms with E-state index in [-0.39, 0.29) is 46.9 Å². The maximum atomic E-state index is 14.2. The van der Waals surface area contributed by atoms with E-state index in [1.165, 1.54) is 0 Å². The number of nitrogens with one attached hydrogen (secondary N) is 1. The van der Waals surface area contributed by atoms with Gasteiger partial charge in [-0.2, -0.15) is 0 Å². The minimum absolute atomic E-state index is 0.0111. The van der Waals surface area contributed by atoms with Crippen molar-refractivity contribution in [2.75, 3.05) is 26.0 Å². The van der Waals surface area contributed by atoms with E-state index in [2.05, 4.69) is 34.3 Å². The summed E-state index contributed by atoms with van der Waals surface area (Å²) < 4.78 is 6.15. The lowest BCUT2D eigenvalue weighted by atomic mass is 9.62. The molecule has 0 saturated heterocycles. The summed E-state index contributed by atoms with van der Waals surface area (Å²) in [4.78, 5) is 18.0. The minimum atomic E-state index is -0.779. The van der Waals surface area contributed by atoms with E-state index in [9.17, 15) is 25.2 Å². The van der Waals surface area contributed by atoms with Crippen LogP contribution in [0.5, 0.6) is 17.2 Å². The van der Waals surface area contributed by atoms with Crippen molar-refractivity contribution in [1.29, 1.82) is 0 Å². The Hall–Kier alpha value is -4.48. The number of hydrogen-bond acceptors (Lipinski definition) is 12. The van der Waals surface area contributed by atoms with Crippen molar-refractivity contribution in [3.8, 4) is 29.1 Å². The molecule has 0 spiro atoms. The van der Waals surface area contributed by atoms with Crippen LogP contribution in [0.2, 0.25) is 0 Å². The Bertz CT molecular complexity index is 2400. The van der Waals surface area contributed by atoms with Crippen LogP contribution in [0.4, 0.5) is 0 Å². The average molecular weight is 888 g/mol. The summed E-state index contributed by atoms with van der Waals surface area (Å²) in [5, 5.41) is 51.7. The van der Waals surface area contributed by atoms with Crippen LogP contribution in [0.25, 0.3) is 0 Å². The second-order valence-electron chi connectivity index (χ2n) is 18.1. The largest absolute Gasteiger partial charge is 0.875 e. The lowest BCUT2D eigenvalue weighted by Gasteiger charge is -2.44. The van der Waals surface area contributed by atoms with Gasteiger partial charge >= 0.3 is 0 Å². The van der Waals surface area contributed by atoms with Crippen LogP contribution in [0, 0.1) is 28.6 Å². The van der Waals surface area contributed by atoms with Crippen LogP contribution < -0.4 is 26.6 Å². The molecule has 2 aliphatic heterocycles. The molecular weight excluding hydrogens is 829 g/mol. The molecule has 3 aromatic rings. The highest BCUT2D eigenvalue weighted by Crippen LogP contribution is 2.64. The molecule has 2 saturated carbocycles. The van der Waals surface area contributed by atoms with Crippen LogP contribution in [0.3, 0.4) is 0 Å². The predicted octanol–water partition coefficient (Wildman–Crippen LogP) is 7.38. The van der Waals surface area contributed by atoms with E-state index in [0.717, 1.165) is 78.6 Å². The number of hydrogen-bond donors (Lipinski definition) is 6. The van der Waals surface area contributed by atoms with Gasteiger partial charge in [0, 0.05) is 53.0 Å². The first-order valence-corrected chi connectivity index (χ1v) is 24.8. The van der Waals surface area contributed by atoms with Crippen LogP contribution in [-0.4, -0.2) is 58.9 Å². The monoisotopic (exact) mass is 887 g/mol. The number of aliphatic hydroxyl groups is 1. The number of nitrogens with zero attached hydrogens (tertiary/aromatic N) is 1. The van der Waals surface area contributed by atoms with Crippen LogP contribution in [-0.2, 0) is 23.4 Å². The number of unbranched alkanes of at least 4 members (excludes halogenated alkanes) is 1. The molecule has 0 aromatic heterocycles. The molecule has 12 heteroatoms. The molecule has 8 rings (SSSR count). The number of aliphatic imine (C=N–C) groups is 1. The molecular formula is C51H59N4O6S2-. The fraction of sp³-hybridized carbons (Fsp3) is 0.451. The van der Waals surface area contributed by atoms with Crippen LogP contribution in [0.15, 0.2) is 89.3 Å². The first kappa shape index (κ1) is 45.1. The van der Waals surface area contributed by atoms with Gasteiger partial charge in [0.15, 0.2) is 17.3 Å². The first-order chi connectivity index (χ1) is 30.5. The van der Waals surface area contributed by atoms with Gasteiger partial charge in [0.1, 0.15) is 5.75 Å². The summed E-state index contributed by atoms with van der Waals surface area (Å²) in [5.41, 5.74) is 19.1. The Balaban J connectivity index is 1.17. The molecule has 63 heavy (non-hydrogen) atoms. The number of rotatable bonds is 6. The molecule has 332 valence electrons. The highest BCUT2D eigenvalue weighted by Gasteiger charge is 2.58. The van der Waals surface area contributed by atoms with Crippen molar-refractivity contribution in [1.82, 2.24) is 5.32 Å². The normalized spacial score (nSPS) is 26.2. The van der Waals surface area contributed by atoms with Gasteiger partial charge in [0.25, 0.3) is 0 Å². The molecule has 5 unspecified atom stereocenters. The smallest absolute Gasteiger partial charge is 0.161 e. The lowest BCUT2D eigenvalue weighted by molar-refractivity contribution is -0.307. The highest BCUT2D eigenvalue weighted by molar-refractivity contribution is 8.76. The lowest BCUT2D eigenvalue weighted by Crippen LogP contribution is -2.38. The Morgan fingerprint density at radius 3 is 2.67 bits per heavy atom. The number of ketones is 1. The van der Waals surface area contributed by atoms with Gasteiger partial charge in [0.05, 0.1) is 31.0 Å². The summed E-state index contributed by atoms with van der Waals surface area (Å²) in [7, 11) is 5.44.